The fourth-order valence-electron chi connectivity index (χ4n) is 3.78. The van der Waals surface area contributed by atoms with E-state index in [2.05, 4.69) is 4.99 Å². The zero-order valence-corrected chi connectivity index (χ0v) is 18.1. The van der Waals surface area contributed by atoms with Crippen molar-refractivity contribution in [3.8, 4) is 17.3 Å². The van der Waals surface area contributed by atoms with Crippen molar-refractivity contribution in [1.29, 1.82) is 0 Å². The summed E-state index contributed by atoms with van der Waals surface area (Å²) in [6.45, 7) is 1.99. The second-order valence-electron chi connectivity index (χ2n) is 7.54. The van der Waals surface area contributed by atoms with Gasteiger partial charge in [-0.15, -0.1) is 0 Å². The SMILES string of the molecule is Cc1ccc(-n2c(O)c(/C=C3\C=Nc4ccccc43)c(=O)n(-c3ccccc3)c2=S)cc1. The number of hydrogen-bond donors (Lipinski definition) is 1. The van der Waals surface area contributed by atoms with Crippen LogP contribution in [0.5, 0.6) is 5.88 Å². The van der Waals surface area contributed by atoms with Gasteiger partial charge in [-0.05, 0) is 55.5 Å². The zero-order chi connectivity index (χ0) is 22.2. The maximum absolute atomic E-state index is 13.6. The standard InChI is InChI=1S/C26H19N3O2S/c1-17-11-13-20(14-12-17)29-25(31)22(15-18-16-27-23-10-6-5-9-21(18)23)24(30)28(26(29)32)19-7-3-2-4-8-19/h2-16,31H,1H3/b18-15+. The number of allylic oxidation sites excluding steroid dienone is 1. The van der Waals surface area contributed by atoms with E-state index in [1.807, 2.05) is 85.8 Å². The number of nitrogens with zero attached hydrogens (tertiary/aromatic N) is 3. The van der Waals surface area contributed by atoms with Gasteiger partial charge in [-0.25, -0.2) is 0 Å². The number of hydrogen-bond acceptors (Lipinski definition) is 4. The Labute approximate surface area is 189 Å². The Balaban J connectivity index is 1.83. The van der Waals surface area contributed by atoms with Gasteiger partial charge < -0.3 is 5.11 Å². The highest BCUT2D eigenvalue weighted by molar-refractivity contribution is 7.71. The average Bonchev–Trinajstić information content (AvgIpc) is 3.22. The van der Waals surface area contributed by atoms with Gasteiger partial charge in [0.15, 0.2) is 4.77 Å². The first kappa shape index (κ1) is 19.9. The molecule has 1 N–H and O–H groups in total. The second kappa shape index (κ2) is 7.90. The van der Waals surface area contributed by atoms with Gasteiger partial charge in [0.25, 0.3) is 5.56 Å². The van der Waals surface area contributed by atoms with Crippen LogP contribution in [-0.2, 0) is 0 Å². The third kappa shape index (κ3) is 3.31. The molecule has 1 aromatic heterocycles. The molecule has 6 heteroatoms. The smallest absolute Gasteiger partial charge is 0.270 e. The molecule has 0 fully saturated rings. The maximum atomic E-state index is 13.6. The number of para-hydroxylation sites is 2. The highest BCUT2D eigenvalue weighted by Gasteiger charge is 2.20. The summed E-state index contributed by atoms with van der Waals surface area (Å²) in [4.78, 5) is 18.0. The van der Waals surface area contributed by atoms with Gasteiger partial charge in [-0.1, -0.05) is 54.1 Å². The Bertz CT molecular complexity index is 1510. The molecule has 5 rings (SSSR count). The minimum atomic E-state index is -0.396. The van der Waals surface area contributed by atoms with E-state index in [0.29, 0.717) is 11.4 Å². The van der Waals surface area contributed by atoms with Crippen molar-refractivity contribution in [3.05, 3.63) is 111 Å². The van der Waals surface area contributed by atoms with E-state index in [0.717, 1.165) is 22.4 Å². The van der Waals surface area contributed by atoms with Crippen molar-refractivity contribution in [3.63, 3.8) is 0 Å². The lowest BCUT2D eigenvalue weighted by Gasteiger charge is -2.17. The number of aromatic hydroxyl groups is 1. The highest BCUT2D eigenvalue weighted by atomic mass is 32.1. The van der Waals surface area contributed by atoms with E-state index in [-0.39, 0.29) is 16.2 Å². The summed E-state index contributed by atoms with van der Waals surface area (Å²) in [7, 11) is 0. The number of rotatable bonds is 3. The van der Waals surface area contributed by atoms with Crippen molar-refractivity contribution in [1.82, 2.24) is 9.13 Å². The summed E-state index contributed by atoms with van der Waals surface area (Å²) >= 11 is 5.69. The lowest BCUT2D eigenvalue weighted by atomic mass is 10.1. The van der Waals surface area contributed by atoms with Crippen molar-refractivity contribution < 1.29 is 5.11 Å². The highest BCUT2D eigenvalue weighted by Crippen LogP contribution is 2.33. The summed E-state index contributed by atoms with van der Waals surface area (Å²) in [6.07, 6.45) is 3.38. The molecule has 0 atom stereocenters. The minimum Gasteiger partial charge on any atom is -0.494 e. The molecule has 1 aliphatic heterocycles. The second-order valence-corrected chi connectivity index (χ2v) is 7.91. The summed E-state index contributed by atoms with van der Waals surface area (Å²) in [5, 5.41) is 11.2. The normalized spacial score (nSPS) is 13.5. The average molecular weight is 438 g/mol. The topological polar surface area (TPSA) is 59.5 Å². The Kier molecular flexibility index (Phi) is 4.92. The molecule has 0 aliphatic carbocycles. The first-order valence-corrected chi connectivity index (χ1v) is 10.5. The fourth-order valence-corrected chi connectivity index (χ4v) is 4.16. The van der Waals surface area contributed by atoms with Crippen LogP contribution in [0.1, 0.15) is 16.7 Å². The van der Waals surface area contributed by atoms with Crippen molar-refractivity contribution >= 4 is 35.8 Å². The van der Waals surface area contributed by atoms with Crippen LogP contribution in [0.25, 0.3) is 23.0 Å². The molecule has 0 bridgehead atoms. The number of fused-ring (bicyclic) bond motifs is 1. The Morgan fingerprint density at radius 2 is 1.53 bits per heavy atom. The molecule has 2 heterocycles. The van der Waals surface area contributed by atoms with Gasteiger partial charge >= 0.3 is 0 Å². The van der Waals surface area contributed by atoms with Gasteiger partial charge in [-0.2, -0.15) is 0 Å². The van der Waals surface area contributed by atoms with Crippen LogP contribution >= 0.6 is 12.2 Å². The fraction of sp³-hybridized carbons (Fsp3) is 0.0385. The third-order valence-electron chi connectivity index (χ3n) is 5.43. The van der Waals surface area contributed by atoms with E-state index in [4.69, 9.17) is 12.2 Å². The van der Waals surface area contributed by atoms with Gasteiger partial charge in [-0.3, -0.25) is 18.9 Å². The molecule has 0 saturated carbocycles. The molecule has 156 valence electrons. The van der Waals surface area contributed by atoms with Crippen LogP contribution in [-0.4, -0.2) is 20.5 Å². The predicted molar refractivity (Wildman–Crippen MR) is 131 cm³/mol. The number of benzene rings is 3. The summed E-state index contributed by atoms with van der Waals surface area (Å²) in [5.41, 5.74) is 4.60. The molecular weight excluding hydrogens is 418 g/mol. The van der Waals surface area contributed by atoms with Crippen LogP contribution in [0, 0.1) is 11.7 Å². The van der Waals surface area contributed by atoms with E-state index < -0.39 is 5.56 Å². The van der Waals surface area contributed by atoms with Crippen LogP contribution < -0.4 is 5.56 Å². The molecule has 4 aromatic rings. The zero-order valence-electron chi connectivity index (χ0n) is 17.3. The van der Waals surface area contributed by atoms with Crippen LogP contribution in [0.2, 0.25) is 0 Å². The number of aromatic nitrogens is 2. The lowest BCUT2D eigenvalue weighted by Crippen LogP contribution is -2.25. The molecule has 0 unspecified atom stereocenters. The number of aliphatic imine (C=N–C) groups is 1. The minimum absolute atomic E-state index is 0.140. The first-order chi connectivity index (χ1) is 15.5. The van der Waals surface area contributed by atoms with Gasteiger partial charge in [0, 0.05) is 17.4 Å². The van der Waals surface area contributed by atoms with Crippen molar-refractivity contribution in [2.24, 2.45) is 4.99 Å². The van der Waals surface area contributed by atoms with Gasteiger partial charge in [0.05, 0.1) is 17.1 Å². The lowest BCUT2D eigenvalue weighted by molar-refractivity contribution is 0.429. The predicted octanol–water partition coefficient (Wildman–Crippen LogP) is 5.63. The molecule has 0 amide bonds. The molecule has 5 nitrogen and oxygen atoms in total. The summed E-state index contributed by atoms with van der Waals surface area (Å²) in [6, 6.07) is 24.5. The summed E-state index contributed by atoms with van der Waals surface area (Å²) < 4.78 is 3.15. The first-order valence-electron chi connectivity index (χ1n) is 10.1. The molecular formula is C26H19N3O2S. The molecule has 1 aliphatic rings. The van der Waals surface area contributed by atoms with Gasteiger partial charge in [0.2, 0.25) is 5.88 Å². The van der Waals surface area contributed by atoms with E-state index in [1.54, 1.807) is 12.3 Å². The Morgan fingerprint density at radius 3 is 2.28 bits per heavy atom. The van der Waals surface area contributed by atoms with Crippen molar-refractivity contribution in [2.75, 3.05) is 0 Å². The molecule has 3 aromatic carbocycles. The van der Waals surface area contributed by atoms with E-state index in [1.165, 1.54) is 9.13 Å². The van der Waals surface area contributed by atoms with Gasteiger partial charge in [0.1, 0.15) is 5.56 Å². The Hall–Kier alpha value is -4.03. The van der Waals surface area contributed by atoms with E-state index >= 15 is 0 Å². The molecule has 32 heavy (non-hydrogen) atoms. The molecule has 0 spiro atoms. The third-order valence-corrected chi connectivity index (χ3v) is 5.80. The van der Waals surface area contributed by atoms with Crippen LogP contribution in [0.4, 0.5) is 5.69 Å². The Morgan fingerprint density at radius 1 is 0.875 bits per heavy atom. The monoisotopic (exact) mass is 437 g/mol. The molecule has 0 saturated heterocycles. The maximum Gasteiger partial charge on any atom is 0.270 e. The largest absolute Gasteiger partial charge is 0.494 e. The summed E-state index contributed by atoms with van der Waals surface area (Å²) in [5.74, 6) is -0.207. The van der Waals surface area contributed by atoms with E-state index in [9.17, 15) is 9.90 Å². The molecule has 0 radical (unpaired) electrons. The van der Waals surface area contributed by atoms with Crippen LogP contribution in [0.15, 0.2) is 88.6 Å². The number of aryl methyl sites for hydroxylation is 1. The van der Waals surface area contributed by atoms with Crippen LogP contribution in [0.3, 0.4) is 0 Å². The van der Waals surface area contributed by atoms with Crippen molar-refractivity contribution in [2.45, 2.75) is 6.92 Å². The quantitative estimate of drug-likeness (QED) is 0.423.